The molecule has 1 aliphatic heterocycles. The van der Waals surface area contributed by atoms with Crippen LogP contribution in [-0.2, 0) is 13.0 Å². The van der Waals surface area contributed by atoms with Crippen molar-refractivity contribution in [1.29, 1.82) is 0 Å². The van der Waals surface area contributed by atoms with Crippen LogP contribution in [0.5, 0.6) is 0 Å². The van der Waals surface area contributed by atoms with E-state index in [0.29, 0.717) is 6.42 Å². The monoisotopic (exact) mass is 402 g/mol. The molecule has 3 heterocycles. The molecule has 0 saturated heterocycles. The molecule has 0 aliphatic carbocycles. The molecule has 3 nitrogen and oxygen atoms in total. The zero-order valence-electron chi connectivity index (χ0n) is 16.5. The van der Waals surface area contributed by atoms with Gasteiger partial charge in [0.25, 0.3) is 0 Å². The number of rotatable bonds is 4. The Labute approximate surface area is 175 Å². The topological polar surface area (TPSA) is 26.4 Å². The van der Waals surface area contributed by atoms with Gasteiger partial charge in [-0.2, -0.15) is 0 Å². The van der Waals surface area contributed by atoms with E-state index in [2.05, 4.69) is 51.6 Å². The number of carbonyl (C=O) groups excluding carboxylic acids is 1. The minimum absolute atomic E-state index is 0.186. The Bertz CT molecular complexity index is 1200. The highest BCUT2D eigenvalue weighted by atomic mass is 35.5. The molecule has 4 aromatic rings. The van der Waals surface area contributed by atoms with Gasteiger partial charge in [-0.25, -0.2) is 0 Å². The summed E-state index contributed by atoms with van der Waals surface area (Å²) in [5.41, 5.74) is 7.80. The van der Waals surface area contributed by atoms with Crippen LogP contribution >= 0.6 is 11.6 Å². The van der Waals surface area contributed by atoms with Crippen molar-refractivity contribution >= 4 is 23.0 Å². The highest BCUT2D eigenvalue weighted by molar-refractivity contribution is 6.30. The van der Waals surface area contributed by atoms with Gasteiger partial charge in [-0.1, -0.05) is 61.0 Å². The number of imidazole rings is 1. The largest absolute Gasteiger partial charge is 0.325 e. The molecule has 4 heteroatoms. The number of ketones is 1. The SMILES string of the molecule is CCC(=O)c1c(-c2ccccc2)c2c3n(c(-c4ccc(Cl)cc4)cn13)CCCC2. The van der Waals surface area contributed by atoms with E-state index in [1.807, 2.05) is 25.1 Å². The van der Waals surface area contributed by atoms with Crippen LogP contribution in [0.25, 0.3) is 28.0 Å². The van der Waals surface area contributed by atoms with Gasteiger partial charge in [0.2, 0.25) is 0 Å². The summed E-state index contributed by atoms with van der Waals surface area (Å²) in [5, 5.41) is 0.733. The standard InChI is InChI=1S/C25H23ClN2O/c1-2-22(29)24-23(18-8-4-3-5-9-18)20-10-6-7-15-27-21(16-28(24)25(20)27)17-11-13-19(26)14-12-17/h3-5,8-9,11-14,16H,2,6-7,10,15H2,1H3. The summed E-state index contributed by atoms with van der Waals surface area (Å²) in [5.74, 6) is 0.186. The average Bonchev–Trinajstić information content (AvgIpc) is 3.17. The maximum Gasteiger partial charge on any atom is 0.179 e. The molecule has 146 valence electrons. The predicted molar refractivity (Wildman–Crippen MR) is 119 cm³/mol. The number of carbonyl (C=O) groups is 1. The summed E-state index contributed by atoms with van der Waals surface area (Å²) in [6.45, 7) is 2.90. The lowest BCUT2D eigenvalue weighted by molar-refractivity contribution is 0.0983. The molecule has 5 rings (SSSR count). The van der Waals surface area contributed by atoms with Crippen molar-refractivity contribution in [2.45, 2.75) is 39.2 Å². The van der Waals surface area contributed by atoms with Gasteiger partial charge >= 0.3 is 0 Å². The number of Topliss-reactive ketones (excluding diaryl/α,β-unsaturated/α-hetero) is 1. The van der Waals surface area contributed by atoms with Crippen molar-refractivity contribution in [2.24, 2.45) is 0 Å². The molecule has 0 radical (unpaired) electrons. The van der Waals surface area contributed by atoms with Gasteiger partial charge < -0.3 is 4.57 Å². The molecular formula is C25H23ClN2O. The maximum atomic E-state index is 13.1. The molecule has 0 unspecified atom stereocenters. The number of aromatic nitrogens is 2. The zero-order chi connectivity index (χ0) is 20.0. The number of hydrogen-bond acceptors (Lipinski definition) is 1. The Hall–Kier alpha value is -2.78. The van der Waals surface area contributed by atoms with Crippen LogP contribution in [0.15, 0.2) is 60.8 Å². The van der Waals surface area contributed by atoms with Crippen LogP contribution in [-0.4, -0.2) is 14.8 Å². The molecule has 0 saturated carbocycles. The van der Waals surface area contributed by atoms with Crippen LogP contribution in [0.3, 0.4) is 0 Å². The number of nitrogens with zero attached hydrogens (tertiary/aromatic N) is 2. The Morgan fingerprint density at radius 2 is 1.76 bits per heavy atom. The molecule has 2 aromatic heterocycles. The number of hydrogen-bond donors (Lipinski definition) is 0. The third-order valence-corrected chi connectivity index (χ3v) is 6.17. The lowest BCUT2D eigenvalue weighted by Crippen LogP contribution is -2.03. The number of aryl methyl sites for hydroxylation is 2. The molecule has 0 bridgehead atoms. The Morgan fingerprint density at radius 1 is 1.00 bits per heavy atom. The summed E-state index contributed by atoms with van der Waals surface area (Å²) in [6, 6.07) is 18.3. The van der Waals surface area contributed by atoms with Crippen molar-refractivity contribution in [1.82, 2.24) is 8.97 Å². The molecule has 0 spiro atoms. The summed E-state index contributed by atoms with van der Waals surface area (Å²) >= 11 is 6.11. The fraction of sp³-hybridized carbons (Fsp3) is 0.240. The molecule has 0 amide bonds. The number of halogens is 1. The normalized spacial score (nSPS) is 13.6. The minimum atomic E-state index is 0.186. The third kappa shape index (κ3) is 2.92. The maximum absolute atomic E-state index is 13.1. The van der Waals surface area contributed by atoms with E-state index in [1.165, 1.54) is 11.2 Å². The fourth-order valence-corrected chi connectivity index (χ4v) is 4.72. The smallest absolute Gasteiger partial charge is 0.179 e. The first-order chi connectivity index (χ1) is 14.2. The van der Waals surface area contributed by atoms with Gasteiger partial charge in [-0.05, 0) is 42.5 Å². The second kappa shape index (κ2) is 7.23. The van der Waals surface area contributed by atoms with Crippen molar-refractivity contribution in [3.8, 4) is 22.4 Å². The molecule has 29 heavy (non-hydrogen) atoms. The molecule has 0 atom stereocenters. The van der Waals surface area contributed by atoms with Crippen molar-refractivity contribution in [3.63, 3.8) is 0 Å². The highest BCUT2D eigenvalue weighted by Gasteiger charge is 2.28. The van der Waals surface area contributed by atoms with Crippen LogP contribution in [0.4, 0.5) is 0 Å². The quantitative estimate of drug-likeness (QED) is 0.350. The van der Waals surface area contributed by atoms with Gasteiger partial charge in [-0.3, -0.25) is 9.20 Å². The van der Waals surface area contributed by atoms with E-state index >= 15 is 0 Å². The van der Waals surface area contributed by atoms with Crippen LogP contribution < -0.4 is 0 Å². The van der Waals surface area contributed by atoms with Crippen molar-refractivity contribution in [3.05, 3.63) is 77.1 Å². The van der Waals surface area contributed by atoms with Crippen molar-refractivity contribution < 1.29 is 4.79 Å². The summed E-state index contributed by atoms with van der Waals surface area (Å²) in [7, 11) is 0. The fourth-order valence-electron chi connectivity index (χ4n) is 4.59. The van der Waals surface area contributed by atoms with E-state index < -0.39 is 0 Å². The van der Waals surface area contributed by atoms with Gasteiger partial charge in [0.1, 0.15) is 5.65 Å². The summed E-state index contributed by atoms with van der Waals surface area (Å²) in [6.07, 6.45) is 5.89. The average molecular weight is 403 g/mol. The molecule has 1 aliphatic rings. The second-order valence-electron chi connectivity index (χ2n) is 7.67. The summed E-state index contributed by atoms with van der Waals surface area (Å²) in [4.78, 5) is 13.1. The zero-order valence-corrected chi connectivity index (χ0v) is 17.2. The summed E-state index contributed by atoms with van der Waals surface area (Å²) < 4.78 is 4.54. The lowest BCUT2D eigenvalue weighted by Gasteiger charge is -2.09. The second-order valence-corrected chi connectivity index (χ2v) is 8.10. The van der Waals surface area contributed by atoms with Crippen molar-refractivity contribution in [2.75, 3.05) is 0 Å². The lowest BCUT2D eigenvalue weighted by atomic mass is 9.96. The third-order valence-electron chi connectivity index (χ3n) is 5.92. The van der Waals surface area contributed by atoms with Crippen LogP contribution in [0.2, 0.25) is 5.02 Å². The van der Waals surface area contributed by atoms with E-state index in [4.69, 9.17) is 11.6 Å². The first-order valence-electron chi connectivity index (χ1n) is 10.3. The van der Waals surface area contributed by atoms with E-state index in [-0.39, 0.29) is 5.78 Å². The van der Waals surface area contributed by atoms with Gasteiger partial charge in [-0.15, -0.1) is 0 Å². The molecule has 2 aromatic carbocycles. The van der Waals surface area contributed by atoms with Crippen LogP contribution in [0.1, 0.15) is 42.2 Å². The molecule has 0 N–H and O–H groups in total. The first-order valence-corrected chi connectivity index (χ1v) is 10.7. The van der Waals surface area contributed by atoms with Gasteiger partial charge in [0.15, 0.2) is 5.78 Å². The van der Waals surface area contributed by atoms with Gasteiger partial charge in [0, 0.05) is 35.3 Å². The number of benzene rings is 2. The Balaban J connectivity index is 1.86. The molecule has 0 fully saturated rings. The predicted octanol–water partition coefficient (Wildman–Crippen LogP) is 6.66. The minimum Gasteiger partial charge on any atom is -0.325 e. The van der Waals surface area contributed by atoms with Gasteiger partial charge in [0.05, 0.1) is 11.4 Å². The van der Waals surface area contributed by atoms with E-state index in [1.54, 1.807) is 0 Å². The Morgan fingerprint density at radius 3 is 2.48 bits per heavy atom. The molecular weight excluding hydrogens is 380 g/mol. The first kappa shape index (κ1) is 18.3. The van der Waals surface area contributed by atoms with Crippen LogP contribution in [0, 0.1) is 0 Å². The van der Waals surface area contributed by atoms with E-state index in [9.17, 15) is 4.79 Å². The Kier molecular flexibility index (Phi) is 4.56. The highest BCUT2D eigenvalue weighted by Crippen LogP contribution is 2.39. The van der Waals surface area contributed by atoms with E-state index in [0.717, 1.165) is 58.9 Å².